The Morgan fingerprint density at radius 1 is 1.20 bits per heavy atom. The molecule has 0 radical (unpaired) electrons. The van der Waals surface area contributed by atoms with Crippen LogP contribution in [0.5, 0.6) is 11.5 Å². The molecule has 1 atom stereocenters. The first-order chi connectivity index (χ1) is 11.9. The summed E-state index contributed by atoms with van der Waals surface area (Å²) in [5.74, 6) is 0.614. The van der Waals surface area contributed by atoms with Crippen LogP contribution in [-0.4, -0.2) is 18.7 Å². The Balaban J connectivity index is 1.70. The van der Waals surface area contributed by atoms with Gasteiger partial charge in [0, 0.05) is 11.3 Å². The molecule has 25 heavy (non-hydrogen) atoms. The number of nitrogens with one attached hydrogen (secondary N) is 2. The van der Waals surface area contributed by atoms with Crippen molar-refractivity contribution in [3.63, 3.8) is 0 Å². The molecule has 1 heterocycles. The zero-order chi connectivity index (χ0) is 18.0. The van der Waals surface area contributed by atoms with E-state index in [0.717, 1.165) is 5.56 Å². The van der Waals surface area contributed by atoms with E-state index in [2.05, 4.69) is 10.6 Å². The predicted molar refractivity (Wildman–Crippen MR) is 93.1 cm³/mol. The number of amides is 3. The molecule has 2 aromatic carbocycles. The maximum atomic E-state index is 12.5. The molecule has 1 aliphatic rings. The summed E-state index contributed by atoms with van der Waals surface area (Å²) in [5, 5.41) is 5.69. The lowest BCUT2D eigenvalue weighted by Gasteiger charge is -2.15. The zero-order valence-electron chi connectivity index (χ0n) is 13.3. The summed E-state index contributed by atoms with van der Waals surface area (Å²) in [6, 6.07) is 9.26. The Labute approximate surface area is 149 Å². The van der Waals surface area contributed by atoms with Gasteiger partial charge in [-0.05, 0) is 36.8 Å². The second kappa shape index (κ2) is 6.90. The fourth-order valence-corrected chi connectivity index (χ4v) is 2.72. The van der Waals surface area contributed by atoms with Crippen LogP contribution in [-0.2, 0) is 0 Å². The Morgan fingerprint density at radius 2 is 1.92 bits per heavy atom. The zero-order valence-corrected chi connectivity index (χ0v) is 14.1. The molecule has 7 nitrogen and oxygen atoms in total. The topological polar surface area (TPSA) is 103 Å². The highest BCUT2D eigenvalue weighted by Crippen LogP contribution is 2.39. The largest absolute Gasteiger partial charge is 0.454 e. The van der Waals surface area contributed by atoms with E-state index in [9.17, 15) is 9.59 Å². The van der Waals surface area contributed by atoms with Crippen molar-refractivity contribution in [3.05, 3.63) is 52.5 Å². The fourth-order valence-electron chi connectivity index (χ4n) is 2.46. The van der Waals surface area contributed by atoms with Crippen LogP contribution in [0, 0.1) is 0 Å². The van der Waals surface area contributed by atoms with Gasteiger partial charge in [-0.3, -0.25) is 4.79 Å². The summed E-state index contributed by atoms with van der Waals surface area (Å²) >= 11 is 6.10. The third kappa shape index (κ3) is 3.77. The van der Waals surface area contributed by atoms with Crippen LogP contribution in [0.3, 0.4) is 0 Å². The molecule has 0 spiro atoms. The molecule has 0 aromatic heterocycles. The van der Waals surface area contributed by atoms with Crippen molar-refractivity contribution < 1.29 is 19.1 Å². The number of urea groups is 1. The second-order valence-electron chi connectivity index (χ2n) is 5.50. The van der Waals surface area contributed by atoms with E-state index < -0.39 is 6.03 Å². The van der Waals surface area contributed by atoms with Gasteiger partial charge in [0.05, 0.1) is 11.1 Å². The lowest BCUT2D eigenvalue weighted by molar-refractivity contribution is 0.0939. The van der Waals surface area contributed by atoms with Gasteiger partial charge in [0.15, 0.2) is 11.5 Å². The number of nitrogens with two attached hydrogens (primary N) is 1. The minimum absolute atomic E-state index is 0.0855. The summed E-state index contributed by atoms with van der Waals surface area (Å²) in [6.07, 6.45) is 0. The third-order valence-corrected chi connectivity index (χ3v) is 4.00. The van der Waals surface area contributed by atoms with E-state index in [1.165, 1.54) is 6.07 Å². The molecule has 3 rings (SSSR count). The Morgan fingerprint density at radius 3 is 2.60 bits per heavy atom. The number of carbonyl (C=O) groups is 2. The number of primary amides is 1. The van der Waals surface area contributed by atoms with Gasteiger partial charge in [-0.1, -0.05) is 23.7 Å². The van der Waals surface area contributed by atoms with E-state index in [4.69, 9.17) is 26.8 Å². The maximum Gasteiger partial charge on any atom is 0.316 e. The number of halogens is 1. The van der Waals surface area contributed by atoms with E-state index in [1.54, 1.807) is 30.3 Å². The van der Waals surface area contributed by atoms with Crippen molar-refractivity contribution in [2.45, 2.75) is 13.0 Å². The van der Waals surface area contributed by atoms with Crippen molar-refractivity contribution >= 4 is 29.2 Å². The maximum absolute atomic E-state index is 12.5. The summed E-state index contributed by atoms with van der Waals surface area (Å²) in [5.41, 5.74) is 6.90. The minimum Gasteiger partial charge on any atom is -0.454 e. The molecule has 0 aliphatic carbocycles. The number of hydrogen-bond donors (Lipinski definition) is 3. The average Bonchev–Trinajstić information content (AvgIpc) is 3.04. The molecule has 0 fully saturated rings. The fraction of sp³-hybridized carbons (Fsp3) is 0.176. The monoisotopic (exact) mass is 361 g/mol. The van der Waals surface area contributed by atoms with Gasteiger partial charge in [0.25, 0.3) is 5.91 Å². The molecule has 130 valence electrons. The van der Waals surface area contributed by atoms with E-state index in [-0.39, 0.29) is 18.7 Å². The van der Waals surface area contributed by atoms with Crippen LogP contribution in [0.1, 0.15) is 28.9 Å². The van der Waals surface area contributed by atoms with Gasteiger partial charge in [-0.15, -0.1) is 0 Å². The highest BCUT2D eigenvalue weighted by molar-refractivity contribution is 6.32. The molecule has 3 amide bonds. The summed E-state index contributed by atoms with van der Waals surface area (Å²) in [7, 11) is 0. The molecule has 0 saturated heterocycles. The van der Waals surface area contributed by atoms with Crippen molar-refractivity contribution in [1.29, 1.82) is 0 Å². The Bertz CT molecular complexity index is 823. The first-order valence-corrected chi connectivity index (χ1v) is 7.88. The molecule has 8 heteroatoms. The number of rotatable bonds is 4. The standard InChI is InChI=1S/C17H16ClN3O4/c1-9(10-2-4-12(5-3-10)21-17(19)23)20-16(22)11-6-13(18)15-14(7-11)24-8-25-15/h2-7,9H,8H2,1H3,(H,20,22)(H3,19,21,23)/t9-/m0/s1. The molecule has 0 bridgehead atoms. The lowest BCUT2D eigenvalue weighted by atomic mass is 10.1. The van der Waals surface area contributed by atoms with Gasteiger partial charge in [0.2, 0.25) is 6.79 Å². The van der Waals surface area contributed by atoms with Crippen molar-refractivity contribution in [2.24, 2.45) is 5.73 Å². The predicted octanol–water partition coefficient (Wildman–Crippen LogP) is 3.05. The van der Waals surface area contributed by atoms with Gasteiger partial charge < -0.3 is 25.8 Å². The normalized spacial score (nSPS) is 13.2. The molecule has 0 saturated carbocycles. The molecule has 2 aromatic rings. The summed E-state index contributed by atoms with van der Waals surface area (Å²) in [4.78, 5) is 23.3. The van der Waals surface area contributed by atoms with Crippen molar-refractivity contribution in [2.75, 3.05) is 12.1 Å². The van der Waals surface area contributed by atoms with Gasteiger partial charge in [-0.25, -0.2) is 4.79 Å². The number of hydrogen-bond acceptors (Lipinski definition) is 4. The number of fused-ring (bicyclic) bond motifs is 1. The summed E-state index contributed by atoms with van der Waals surface area (Å²) < 4.78 is 10.5. The van der Waals surface area contributed by atoms with Crippen LogP contribution >= 0.6 is 11.6 Å². The smallest absolute Gasteiger partial charge is 0.316 e. The van der Waals surface area contributed by atoms with Crippen molar-refractivity contribution in [1.82, 2.24) is 5.32 Å². The van der Waals surface area contributed by atoms with E-state index >= 15 is 0 Å². The van der Waals surface area contributed by atoms with Crippen LogP contribution in [0.15, 0.2) is 36.4 Å². The van der Waals surface area contributed by atoms with Gasteiger partial charge in [0.1, 0.15) is 0 Å². The minimum atomic E-state index is -0.631. The Hall–Kier alpha value is -2.93. The highest BCUT2D eigenvalue weighted by atomic mass is 35.5. The molecule has 1 aliphatic heterocycles. The molecular weight excluding hydrogens is 346 g/mol. The highest BCUT2D eigenvalue weighted by Gasteiger charge is 2.21. The first-order valence-electron chi connectivity index (χ1n) is 7.50. The molecular formula is C17H16ClN3O4. The average molecular weight is 362 g/mol. The molecule has 4 N–H and O–H groups in total. The van der Waals surface area contributed by atoms with Crippen LogP contribution in [0.2, 0.25) is 5.02 Å². The third-order valence-electron chi connectivity index (χ3n) is 3.72. The van der Waals surface area contributed by atoms with Crippen molar-refractivity contribution in [3.8, 4) is 11.5 Å². The number of anilines is 1. The van der Waals surface area contributed by atoms with E-state index in [0.29, 0.717) is 27.8 Å². The van der Waals surface area contributed by atoms with E-state index in [1.807, 2.05) is 6.92 Å². The second-order valence-corrected chi connectivity index (χ2v) is 5.91. The van der Waals surface area contributed by atoms with Gasteiger partial charge >= 0.3 is 6.03 Å². The number of ether oxygens (including phenoxy) is 2. The Kier molecular flexibility index (Phi) is 4.67. The quantitative estimate of drug-likeness (QED) is 0.778. The summed E-state index contributed by atoms with van der Waals surface area (Å²) in [6.45, 7) is 1.94. The lowest BCUT2D eigenvalue weighted by Crippen LogP contribution is -2.26. The molecule has 0 unspecified atom stereocenters. The van der Waals surface area contributed by atoms with Gasteiger partial charge in [-0.2, -0.15) is 0 Å². The van der Waals surface area contributed by atoms with Crippen LogP contribution in [0.4, 0.5) is 10.5 Å². The SMILES string of the molecule is C[C@H](NC(=O)c1cc(Cl)c2c(c1)OCO2)c1ccc(NC(N)=O)cc1. The van der Waals surface area contributed by atoms with Crippen LogP contribution < -0.4 is 25.8 Å². The number of carbonyl (C=O) groups excluding carboxylic acids is 2. The number of benzene rings is 2. The van der Waals surface area contributed by atoms with Crippen LogP contribution in [0.25, 0.3) is 0 Å². The first kappa shape index (κ1) is 16.9.